The van der Waals surface area contributed by atoms with Crippen molar-refractivity contribution in [3.8, 4) is 0 Å². The molecule has 0 saturated carbocycles. The Morgan fingerprint density at radius 2 is 2.11 bits per heavy atom. The normalized spacial score (nSPS) is 24.2. The van der Waals surface area contributed by atoms with Crippen LogP contribution in [0.25, 0.3) is 23.3 Å². The van der Waals surface area contributed by atoms with Crippen LogP contribution in [-0.4, -0.2) is 48.0 Å². The summed E-state index contributed by atoms with van der Waals surface area (Å²) in [7, 11) is 4.37. The van der Waals surface area contributed by atoms with Crippen LogP contribution in [0, 0.1) is 11.7 Å². The zero-order valence-electron chi connectivity index (χ0n) is 21.2. The lowest BCUT2D eigenvalue weighted by Crippen LogP contribution is -2.36. The number of likely N-dealkylation sites (N-methyl/N-ethyl adjacent to an activating group) is 2. The molecule has 1 aromatic carbocycles. The van der Waals surface area contributed by atoms with Crippen molar-refractivity contribution in [3.63, 3.8) is 0 Å². The SMILES string of the molecule is C=C(/C(=C/CC)c1cc(Cl)ccc1F)c1ccc2/c(n1)=C\C(N(C)C1CCN(C)C1)=C/C(C)C/C=2. The van der Waals surface area contributed by atoms with Crippen LogP contribution in [0.2, 0.25) is 5.02 Å². The van der Waals surface area contributed by atoms with Gasteiger partial charge in [0.2, 0.25) is 0 Å². The summed E-state index contributed by atoms with van der Waals surface area (Å²) >= 11 is 6.20. The molecule has 0 bridgehead atoms. The molecule has 1 aliphatic heterocycles. The minimum absolute atomic E-state index is 0.316. The van der Waals surface area contributed by atoms with Crippen LogP contribution in [0.3, 0.4) is 0 Å². The molecule has 4 rings (SSSR count). The number of pyridine rings is 1. The highest BCUT2D eigenvalue weighted by Gasteiger charge is 2.24. The second-order valence-electron chi connectivity index (χ2n) is 9.77. The average Bonchev–Trinajstić information content (AvgIpc) is 3.27. The van der Waals surface area contributed by atoms with Crippen LogP contribution < -0.4 is 10.6 Å². The van der Waals surface area contributed by atoms with Crippen LogP contribution in [0.15, 0.2) is 54.8 Å². The summed E-state index contributed by atoms with van der Waals surface area (Å²) in [5.74, 6) is 0.124. The van der Waals surface area contributed by atoms with Gasteiger partial charge in [0, 0.05) is 41.5 Å². The Balaban J connectivity index is 1.76. The molecule has 0 spiro atoms. The predicted octanol–water partition coefficient (Wildman–Crippen LogP) is 5.50. The highest BCUT2D eigenvalue weighted by Crippen LogP contribution is 2.32. The molecule has 5 heteroatoms. The van der Waals surface area contributed by atoms with E-state index >= 15 is 0 Å². The average molecular weight is 492 g/mol. The Kier molecular flexibility index (Phi) is 7.93. The molecule has 1 aromatic heterocycles. The Morgan fingerprint density at radius 3 is 2.83 bits per heavy atom. The molecule has 0 amide bonds. The van der Waals surface area contributed by atoms with E-state index in [1.165, 1.54) is 11.8 Å². The smallest absolute Gasteiger partial charge is 0.131 e. The minimum Gasteiger partial charge on any atom is -0.370 e. The van der Waals surface area contributed by atoms with Gasteiger partial charge in [-0.15, -0.1) is 0 Å². The number of hydrogen-bond acceptors (Lipinski definition) is 3. The van der Waals surface area contributed by atoms with E-state index in [1.807, 2.05) is 19.1 Å². The summed E-state index contributed by atoms with van der Waals surface area (Å²) in [6.07, 6.45) is 11.7. The summed E-state index contributed by atoms with van der Waals surface area (Å²) < 4.78 is 14.8. The lowest BCUT2D eigenvalue weighted by Gasteiger charge is -2.28. The van der Waals surface area contributed by atoms with Crippen LogP contribution in [-0.2, 0) is 0 Å². The molecule has 3 nitrogen and oxygen atoms in total. The van der Waals surface area contributed by atoms with Crippen molar-refractivity contribution in [3.05, 3.63) is 87.4 Å². The van der Waals surface area contributed by atoms with Crippen molar-refractivity contribution < 1.29 is 4.39 Å². The largest absolute Gasteiger partial charge is 0.370 e. The number of nitrogens with zero attached hydrogens (tertiary/aromatic N) is 3. The standard InChI is InChI=1S/C30H35ClFN3/c1-6-7-26(27-17-23(31)11-12-28(27)32)21(3)29-13-10-22-9-8-20(2)16-25(18-30(22)33-29)35(5)24-14-15-34(4)19-24/h7,9-13,16-18,20,24H,3,6,8,14-15,19H2,1-2,4-5H3/b22-9+,25-16+,26-7-,30-18+. The molecule has 2 aliphatic rings. The zero-order chi connectivity index (χ0) is 25.1. The van der Waals surface area contributed by atoms with E-state index in [1.54, 1.807) is 12.1 Å². The third-order valence-corrected chi connectivity index (χ3v) is 7.22. The van der Waals surface area contributed by atoms with E-state index in [2.05, 4.69) is 61.7 Å². The van der Waals surface area contributed by atoms with Crippen LogP contribution in [0.5, 0.6) is 0 Å². The van der Waals surface area contributed by atoms with Crippen LogP contribution in [0.4, 0.5) is 4.39 Å². The lowest BCUT2D eigenvalue weighted by molar-refractivity contribution is 0.304. The van der Waals surface area contributed by atoms with E-state index in [0.717, 1.165) is 54.2 Å². The maximum absolute atomic E-state index is 14.8. The Bertz CT molecular complexity index is 1290. The van der Waals surface area contributed by atoms with E-state index in [4.69, 9.17) is 16.6 Å². The van der Waals surface area contributed by atoms with E-state index < -0.39 is 0 Å². The fourth-order valence-electron chi connectivity index (χ4n) is 4.90. The highest BCUT2D eigenvalue weighted by atomic mass is 35.5. The monoisotopic (exact) mass is 491 g/mol. The van der Waals surface area contributed by atoms with Crippen molar-refractivity contribution in [2.75, 3.05) is 27.2 Å². The van der Waals surface area contributed by atoms with Gasteiger partial charge < -0.3 is 9.80 Å². The van der Waals surface area contributed by atoms with E-state index in [9.17, 15) is 4.39 Å². The third kappa shape index (κ3) is 5.76. The van der Waals surface area contributed by atoms with Gasteiger partial charge in [-0.05, 0) is 79.9 Å². The molecule has 2 aromatic rings. The van der Waals surface area contributed by atoms with Gasteiger partial charge in [-0.3, -0.25) is 0 Å². The zero-order valence-corrected chi connectivity index (χ0v) is 21.9. The number of rotatable bonds is 6. The van der Waals surface area contributed by atoms with E-state index in [0.29, 0.717) is 28.1 Å². The maximum atomic E-state index is 14.8. The first kappa shape index (κ1) is 25.4. The molecule has 184 valence electrons. The van der Waals surface area contributed by atoms with Gasteiger partial charge in [0.1, 0.15) is 5.82 Å². The molecule has 2 unspecified atom stereocenters. The van der Waals surface area contributed by atoms with Gasteiger partial charge in [-0.1, -0.05) is 56.3 Å². The quantitative estimate of drug-likeness (QED) is 0.497. The minimum atomic E-state index is -0.316. The first-order valence-electron chi connectivity index (χ1n) is 12.4. The van der Waals surface area contributed by atoms with Crippen molar-refractivity contribution >= 4 is 34.9 Å². The van der Waals surface area contributed by atoms with Crippen molar-refractivity contribution in [2.45, 2.75) is 39.2 Å². The summed E-state index contributed by atoms with van der Waals surface area (Å²) in [6, 6.07) is 9.21. The van der Waals surface area contributed by atoms with Crippen molar-refractivity contribution in [1.82, 2.24) is 14.8 Å². The maximum Gasteiger partial charge on any atom is 0.131 e. The summed E-state index contributed by atoms with van der Waals surface area (Å²) in [4.78, 5) is 9.82. The van der Waals surface area contributed by atoms with Gasteiger partial charge in [0.25, 0.3) is 0 Å². The molecule has 1 fully saturated rings. The molecule has 1 aliphatic carbocycles. The molecule has 35 heavy (non-hydrogen) atoms. The van der Waals surface area contributed by atoms with Crippen LogP contribution in [0.1, 0.15) is 44.4 Å². The number of fused-ring (bicyclic) bond motifs is 1. The number of aromatic nitrogens is 1. The summed E-state index contributed by atoms with van der Waals surface area (Å²) in [5, 5.41) is 2.53. The van der Waals surface area contributed by atoms with Crippen molar-refractivity contribution in [1.29, 1.82) is 0 Å². The van der Waals surface area contributed by atoms with Gasteiger partial charge in [0.15, 0.2) is 0 Å². The molecule has 1 saturated heterocycles. The first-order valence-corrected chi connectivity index (χ1v) is 12.8. The molecule has 2 heterocycles. The number of likely N-dealkylation sites (tertiary alicyclic amines) is 1. The highest BCUT2D eigenvalue weighted by molar-refractivity contribution is 6.30. The number of halogens is 2. The molecule has 0 radical (unpaired) electrons. The molecule has 0 N–H and O–H groups in total. The van der Waals surface area contributed by atoms with Crippen molar-refractivity contribution in [2.24, 2.45) is 5.92 Å². The number of allylic oxidation sites excluding steroid dienone is 5. The van der Waals surface area contributed by atoms with E-state index in [-0.39, 0.29) is 5.82 Å². The fourth-order valence-corrected chi connectivity index (χ4v) is 5.07. The van der Waals surface area contributed by atoms with Gasteiger partial charge in [0.05, 0.1) is 11.0 Å². The van der Waals surface area contributed by atoms with Gasteiger partial charge in [-0.2, -0.15) is 0 Å². The topological polar surface area (TPSA) is 19.4 Å². The Hall–Kier alpha value is -2.69. The third-order valence-electron chi connectivity index (χ3n) is 6.99. The number of hydrogen-bond donors (Lipinski definition) is 0. The number of benzene rings is 1. The summed E-state index contributed by atoms with van der Waals surface area (Å²) in [5.41, 5.74) is 3.81. The molecular weight excluding hydrogens is 457 g/mol. The van der Waals surface area contributed by atoms with Crippen LogP contribution >= 0.6 is 11.6 Å². The molecule has 2 atom stereocenters. The molecular formula is C30H35ClFN3. The Morgan fingerprint density at radius 1 is 1.31 bits per heavy atom. The van der Waals surface area contributed by atoms with Gasteiger partial charge in [-0.25, -0.2) is 9.37 Å². The fraction of sp³-hybridized carbons (Fsp3) is 0.367. The predicted molar refractivity (Wildman–Crippen MR) is 147 cm³/mol. The lowest BCUT2D eigenvalue weighted by atomic mass is 9.94. The second kappa shape index (κ2) is 10.9. The van der Waals surface area contributed by atoms with Gasteiger partial charge >= 0.3 is 0 Å². The second-order valence-corrected chi connectivity index (χ2v) is 10.2. The Labute approximate surface area is 213 Å². The first-order chi connectivity index (χ1) is 16.8. The summed E-state index contributed by atoms with van der Waals surface area (Å²) in [6.45, 7) is 10.8.